The third-order valence-electron chi connectivity index (χ3n) is 2.54. The van der Waals surface area contributed by atoms with Crippen molar-refractivity contribution in [2.45, 2.75) is 0 Å². The molecule has 0 aliphatic heterocycles. The Morgan fingerprint density at radius 1 is 1.12 bits per heavy atom. The van der Waals surface area contributed by atoms with Crippen LogP contribution in [0.5, 0.6) is 0 Å². The van der Waals surface area contributed by atoms with Gasteiger partial charge in [0.05, 0.1) is 13.2 Å². The van der Waals surface area contributed by atoms with E-state index in [0.717, 1.165) is 25.1 Å². The van der Waals surface area contributed by atoms with Crippen LogP contribution in [-0.2, 0) is 9.47 Å². The van der Waals surface area contributed by atoms with Crippen LogP contribution in [0, 0.1) is 0 Å². The Labute approximate surface area is 102 Å². The molecule has 0 radical (unpaired) electrons. The SMILES string of the molecule is COCCN(CCOC)c1ccccc1C=O. The van der Waals surface area contributed by atoms with E-state index in [0.29, 0.717) is 18.8 Å². The van der Waals surface area contributed by atoms with Crippen LogP contribution in [0.3, 0.4) is 0 Å². The Kier molecular flexibility index (Phi) is 6.29. The van der Waals surface area contributed by atoms with Gasteiger partial charge in [-0.2, -0.15) is 0 Å². The molecule has 0 unspecified atom stereocenters. The summed E-state index contributed by atoms with van der Waals surface area (Å²) >= 11 is 0. The normalized spacial score (nSPS) is 10.2. The van der Waals surface area contributed by atoms with Gasteiger partial charge in [-0.15, -0.1) is 0 Å². The van der Waals surface area contributed by atoms with E-state index in [1.807, 2.05) is 24.3 Å². The summed E-state index contributed by atoms with van der Waals surface area (Å²) in [7, 11) is 3.33. The Hall–Kier alpha value is -1.39. The lowest BCUT2D eigenvalue weighted by Gasteiger charge is -2.25. The molecule has 0 fully saturated rings. The van der Waals surface area contributed by atoms with Gasteiger partial charge in [0, 0.05) is 38.6 Å². The van der Waals surface area contributed by atoms with Gasteiger partial charge in [0.2, 0.25) is 0 Å². The highest BCUT2D eigenvalue weighted by atomic mass is 16.5. The number of carbonyl (C=O) groups excluding carboxylic acids is 1. The molecule has 17 heavy (non-hydrogen) atoms. The Balaban J connectivity index is 2.82. The Morgan fingerprint density at radius 3 is 2.24 bits per heavy atom. The van der Waals surface area contributed by atoms with E-state index < -0.39 is 0 Å². The smallest absolute Gasteiger partial charge is 0.152 e. The van der Waals surface area contributed by atoms with Crippen molar-refractivity contribution in [2.24, 2.45) is 0 Å². The Morgan fingerprint density at radius 2 is 1.71 bits per heavy atom. The van der Waals surface area contributed by atoms with E-state index in [2.05, 4.69) is 4.90 Å². The van der Waals surface area contributed by atoms with Gasteiger partial charge in [0.25, 0.3) is 0 Å². The lowest BCUT2D eigenvalue weighted by molar-refractivity contribution is 0.112. The molecule has 1 aromatic carbocycles. The molecule has 94 valence electrons. The molecule has 0 N–H and O–H groups in total. The Bertz CT molecular complexity index is 333. The number of rotatable bonds is 8. The fraction of sp³-hybridized carbons (Fsp3) is 0.462. The summed E-state index contributed by atoms with van der Waals surface area (Å²) < 4.78 is 10.2. The van der Waals surface area contributed by atoms with Gasteiger partial charge in [-0.1, -0.05) is 12.1 Å². The zero-order valence-corrected chi connectivity index (χ0v) is 10.4. The van der Waals surface area contributed by atoms with Crippen molar-refractivity contribution in [3.63, 3.8) is 0 Å². The van der Waals surface area contributed by atoms with Gasteiger partial charge in [0.15, 0.2) is 6.29 Å². The summed E-state index contributed by atoms with van der Waals surface area (Å²) in [6.07, 6.45) is 0.877. The number of hydrogen-bond donors (Lipinski definition) is 0. The summed E-state index contributed by atoms with van der Waals surface area (Å²) in [6, 6.07) is 7.54. The van der Waals surface area contributed by atoms with Gasteiger partial charge in [0.1, 0.15) is 0 Å². The van der Waals surface area contributed by atoms with E-state index >= 15 is 0 Å². The number of aldehydes is 1. The molecule has 0 saturated carbocycles. The molecule has 0 aromatic heterocycles. The second kappa shape index (κ2) is 7.81. The molecule has 0 heterocycles. The van der Waals surface area contributed by atoms with Crippen molar-refractivity contribution in [2.75, 3.05) is 45.4 Å². The number of methoxy groups -OCH3 is 2. The highest BCUT2D eigenvalue weighted by molar-refractivity contribution is 5.84. The molecular weight excluding hydrogens is 218 g/mol. The van der Waals surface area contributed by atoms with Crippen LogP contribution in [0.2, 0.25) is 0 Å². The molecule has 4 nitrogen and oxygen atoms in total. The predicted octanol–water partition coefficient (Wildman–Crippen LogP) is 1.60. The highest BCUT2D eigenvalue weighted by Gasteiger charge is 2.09. The summed E-state index contributed by atoms with van der Waals surface area (Å²) in [4.78, 5) is 13.1. The molecule has 1 aromatic rings. The topological polar surface area (TPSA) is 38.8 Å². The van der Waals surface area contributed by atoms with Crippen LogP contribution < -0.4 is 4.90 Å². The maximum atomic E-state index is 11.0. The summed E-state index contributed by atoms with van der Waals surface area (Å²) in [6.45, 7) is 2.73. The van der Waals surface area contributed by atoms with Crippen molar-refractivity contribution < 1.29 is 14.3 Å². The molecule has 0 saturated heterocycles. The molecule has 1 rings (SSSR count). The number of nitrogens with zero attached hydrogens (tertiary/aromatic N) is 1. The van der Waals surface area contributed by atoms with Crippen molar-refractivity contribution >= 4 is 12.0 Å². The summed E-state index contributed by atoms with van der Waals surface area (Å²) in [5, 5.41) is 0. The van der Waals surface area contributed by atoms with E-state index in [1.165, 1.54) is 0 Å². The van der Waals surface area contributed by atoms with Crippen molar-refractivity contribution in [1.82, 2.24) is 0 Å². The van der Waals surface area contributed by atoms with Crippen LogP contribution in [0.25, 0.3) is 0 Å². The van der Waals surface area contributed by atoms with Crippen LogP contribution in [0.1, 0.15) is 10.4 Å². The molecule has 0 amide bonds. The maximum absolute atomic E-state index is 11.0. The van der Waals surface area contributed by atoms with Gasteiger partial charge in [-0.25, -0.2) is 0 Å². The first-order valence-electron chi connectivity index (χ1n) is 5.60. The average molecular weight is 237 g/mol. The minimum Gasteiger partial charge on any atom is -0.383 e. The molecule has 0 bridgehead atoms. The largest absolute Gasteiger partial charge is 0.383 e. The number of para-hydroxylation sites is 1. The number of ether oxygens (including phenoxy) is 2. The third kappa shape index (κ3) is 4.17. The van der Waals surface area contributed by atoms with Gasteiger partial charge in [-0.3, -0.25) is 4.79 Å². The number of anilines is 1. The molecule has 0 aliphatic rings. The number of hydrogen-bond acceptors (Lipinski definition) is 4. The van der Waals surface area contributed by atoms with E-state index in [-0.39, 0.29) is 0 Å². The predicted molar refractivity (Wildman–Crippen MR) is 67.8 cm³/mol. The molecule has 0 spiro atoms. The first-order chi connectivity index (χ1) is 8.33. The third-order valence-corrected chi connectivity index (χ3v) is 2.54. The van der Waals surface area contributed by atoms with Crippen molar-refractivity contribution in [1.29, 1.82) is 0 Å². The lowest BCUT2D eigenvalue weighted by atomic mass is 10.1. The standard InChI is InChI=1S/C13H19NO3/c1-16-9-7-14(8-10-17-2)13-6-4-3-5-12(13)11-15/h3-6,11H,7-10H2,1-2H3. The zero-order valence-electron chi connectivity index (χ0n) is 10.4. The lowest BCUT2D eigenvalue weighted by Crippen LogP contribution is -2.31. The van der Waals surface area contributed by atoms with Crippen molar-refractivity contribution in [3.8, 4) is 0 Å². The summed E-state index contributed by atoms with van der Waals surface area (Å²) in [5.74, 6) is 0. The van der Waals surface area contributed by atoms with Crippen LogP contribution in [0.15, 0.2) is 24.3 Å². The zero-order chi connectivity index (χ0) is 12.5. The van der Waals surface area contributed by atoms with E-state index in [4.69, 9.17) is 9.47 Å². The molecule has 0 atom stereocenters. The van der Waals surface area contributed by atoms with Crippen LogP contribution in [0.4, 0.5) is 5.69 Å². The minimum atomic E-state index is 0.622. The number of benzene rings is 1. The van der Waals surface area contributed by atoms with Crippen LogP contribution in [-0.4, -0.2) is 46.8 Å². The molecular formula is C13H19NO3. The second-order valence-corrected chi connectivity index (χ2v) is 3.65. The minimum absolute atomic E-state index is 0.622. The quantitative estimate of drug-likeness (QED) is 0.644. The average Bonchev–Trinajstić information content (AvgIpc) is 2.39. The second-order valence-electron chi connectivity index (χ2n) is 3.65. The molecule has 4 heteroatoms. The van der Waals surface area contributed by atoms with Crippen molar-refractivity contribution in [3.05, 3.63) is 29.8 Å². The highest BCUT2D eigenvalue weighted by Crippen LogP contribution is 2.18. The van der Waals surface area contributed by atoms with Crippen LogP contribution >= 0.6 is 0 Å². The van der Waals surface area contributed by atoms with E-state index in [1.54, 1.807) is 14.2 Å². The molecule has 0 aliphatic carbocycles. The summed E-state index contributed by atoms with van der Waals surface area (Å²) in [5.41, 5.74) is 1.62. The fourth-order valence-corrected chi connectivity index (χ4v) is 1.63. The van der Waals surface area contributed by atoms with Gasteiger partial charge in [-0.05, 0) is 12.1 Å². The first kappa shape index (κ1) is 13.7. The number of carbonyl (C=O) groups is 1. The fourth-order valence-electron chi connectivity index (χ4n) is 1.63. The van der Waals surface area contributed by atoms with Gasteiger partial charge < -0.3 is 14.4 Å². The van der Waals surface area contributed by atoms with E-state index in [9.17, 15) is 4.79 Å². The maximum Gasteiger partial charge on any atom is 0.152 e. The first-order valence-corrected chi connectivity index (χ1v) is 5.60. The monoisotopic (exact) mass is 237 g/mol. The van der Waals surface area contributed by atoms with Gasteiger partial charge >= 0.3 is 0 Å².